The van der Waals surface area contributed by atoms with E-state index in [2.05, 4.69) is 16.9 Å². The molecule has 0 aliphatic heterocycles. The Morgan fingerprint density at radius 2 is 2.06 bits per heavy atom. The summed E-state index contributed by atoms with van der Waals surface area (Å²) >= 11 is 1.80. The SMILES string of the molecule is COCC(NC(=O)NCCCCCSC)C(=O)O. The van der Waals surface area contributed by atoms with Gasteiger partial charge in [0.2, 0.25) is 0 Å². The molecular weight excluding hydrogens is 256 g/mol. The van der Waals surface area contributed by atoms with Gasteiger partial charge in [-0.15, -0.1) is 0 Å². The Morgan fingerprint density at radius 1 is 1.33 bits per heavy atom. The number of rotatable bonds is 10. The van der Waals surface area contributed by atoms with Crippen LogP contribution in [0.4, 0.5) is 4.79 Å². The highest BCUT2D eigenvalue weighted by atomic mass is 32.2. The van der Waals surface area contributed by atoms with Crippen LogP contribution >= 0.6 is 11.8 Å². The number of hydrogen-bond acceptors (Lipinski definition) is 4. The first-order valence-corrected chi connectivity index (χ1v) is 7.26. The van der Waals surface area contributed by atoms with Crippen molar-refractivity contribution < 1.29 is 19.4 Å². The van der Waals surface area contributed by atoms with E-state index in [-0.39, 0.29) is 6.61 Å². The highest BCUT2D eigenvalue weighted by molar-refractivity contribution is 7.98. The number of carboxylic acid groups (broad SMARTS) is 1. The number of urea groups is 1. The van der Waals surface area contributed by atoms with E-state index in [4.69, 9.17) is 9.84 Å². The second-order valence-electron chi connectivity index (χ2n) is 3.80. The first kappa shape index (κ1) is 17.1. The molecule has 0 spiro atoms. The lowest BCUT2D eigenvalue weighted by Crippen LogP contribution is -2.48. The van der Waals surface area contributed by atoms with Gasteiger partial charge in [-0.1, -0.05) is 6.42 Å². The molecule has 7 heteroatoms. The minimum atomic E-state index is -1.10. The van der Waals surface area contributed by atoms with Crippen LogP contribution in [-0.2, 0) is 9.53 Å². The fourth-order valence-corrected chi connectivity index (χ4v) is 1.79. The van der Waals surface area contributed by atoms with Crippen molar-refractivity contribution in [3.63, 3.8) is 0 Å². The van der Waals surface area contributed by atoms with Gasteiger partial charge in [-0.2, -0.15) is 11.8 Å². The second-order valence-corrected chi connectivity index (χ2v) is 4.79. The summed E-state index contributed by atoms with van der Waals surface area (Å²) in [5, 5.41) is 13.8. The molecule has 0 rings (SSSR count). The Bertz CT molecular complexity index is 251. The largest absolute Gasteiger partial charge is 0.480 e. The average Bonchev–Trinajstić information content (AvgIpc) is 2.33. The molecule has 106 valence electrons. The van der Waals surface area contributed by atoms with Gasteiger partial charge in [0.05, 0.1) is 6.61 Å². The highest BCUT2D eigenvalue weighted by Crippen LogP contribution is 2.01. The predicted molar refractivity (Wildman–Crippen MR) is 72.1 cm³/mol. The molecule has 0 heterocycles. The summed E-state index contributed by atoms with van der Waals surface area (Å²) in [5.74, 6) is 0.0215. The number of hydrogen-bond donors (Lipinski definition) is 3. The van der Waals surface area contributed by atoms with Crippen LogP contribution in [0.15, 0.2) is 0 Å². The Labute approximate surface area is 112 Å². The fourth-order valence-electron chi connectivity index (χ4n) is 1.30. The molecule has 2 amide bonds. The quantitative estimate of drug-likeness (QED) is 0.517. The Balaban J connectivity index is 3.65. The van der Waals surface area contributed by atoms with E-state index >= 15 is 0 Å². The maximum Gasteiger partial charge on any atom is 0.328 e. The van der Waals surface area contributed by atoms with Crippen molar-refractivity contribution in [2.24, 2.45) is 0 Å². The van der Waals surface area contributed by atoms with Crippen LogP contribution in [0.1, 0.15) is 19.3 Å². The Hall–Kier alpha value is -0.950. The standard InChI is InChI=1S/C11H22N2O4S/c1-17-8-9(10(14)15)13-11(16)12-6-4-3-5-7-18-2/h9H,3-8H2,1-2H3,(H,14,15)(H2,12,13,16). The van der Waals surface area contributed by atoms with Crippen LogP contribution in [0.25, 0.3) is 0 Å². The third kappa shape index (κ3) is 9.12. The zero-order chi connectivity index (χ0) is 13.8. The molecule has 1 unspecified atom stereocenters. The van der Waals surface area contributed by atoms with Crippen molar-refractivity contribution in [2.75, 3.05) is 32.3 Å². The summed E-state index contributed by atoms with van der Waals surface area (Å²) in [6, 6.07) is -1.48. The summed E-state index contributed by atoms with van der Waals surface area (Å²) in [6.07, 6.45) is 5.15. The summed E-state index contributed by atoms with van der Waals surface area (Å²) < 4.78 is 4.71. The molecule has 0 fully saturated rings. The minimum Gasteiger partial charge on any atom is -0.480 e. The lowest BCUT2D eigenvalue weighted by Gasteiger charge is -2.14. The summed E-state index contributed by atoms with van der Waals surface area (Å²) in [6.45, 7) is 0.510. The van der Waals surface area contributed by atoms with Gasteiger partial charge in [-0.25, -0.2) is 9.59 Å². The van der Waals surface area contributed by atoms with Gasteiger partial charge in [-0.05, 0) is 24.9 Å². The molecule has 0 bridgehead atoms. The maximum absolute atomic E-state index is 11.4. The number of carbonyl (C=O) groups is 2. The van der Waals surface area contributed by atoms with Gasteiger partial charge in [0.25, 0.3) is 0 Å². The first-order valence-electron chi connectivity index (χ1n) is 5.86. The van der Waals surface area contributed by atoms with Crippen LogP contribution in [0.2, 0.25) is 0 Å². The summed E-state index contributed by atoms with van der Waals surface area (Å²) in [5.41, 5.74) is 0. The fraction of sp³-hybridized carbons (Fsp3) is 0.818. The van der Waals surface area contributed by atoms with E-state index in [1.165, 1.54) is 7.11 Å². The van der Waals surface area contributed by atoms with Crippen molar-refractivity contribution in [1.82, 2.24) is 10.6 Å². The number of nitrogens with one attached hydrogen (secondary N) is 2. The molecule has 0 aromatic rings. The van der Waals surface area contributed by atoms with E-state index in [0.29, 0.717) is 6.54 Å². The van der Waals surface area contributed by atoms with Gasteiger partial charge >= 0.3 is 12.0 Å². The number of thioether (sulfide) groups is 1. The smallest absolute Gasteiger partial charge is 0.328 e. The molecule has 0 aliphatic carbocycles. The Kier molecular flexibility index (Phi) is 10.6. The minimum absolute atomic E-state index is 0.0452. The number of amides is 2. The molecule has 0 aromatic heterocycles. The lowest BCUT2D eigenvalue weighted by molar-refractivity contribution is -0.140. The Morgan fingerprint density at radius 3 is 2.61 bits per heavy atom. The van der Waals surface area contributed by atoms with Crippen LogP contribution < -0.4 is 10.6 Å². The number of methoxy groups -OCH3 is 1. The summed E-state index contributed by atoms with van der Waals surface area (Å²) in [4.78, 5) is 22.1. The van der Waals surface area contributed by atoms with Crippen LogP contribution in [-0.4, -0.2) is 55.4 Å². The van der Waals surface area contributed by atoms with Crippen molar-refractivity contribution in [2.45, 2.75) is 25.3 Å². The maximum atomic E-state index is 11.4. The van der Waals surface area contributed by atoms with Gasteiger partial charge in [-0.3, -0.25) is 0 Å². The van der Waals surface area contributed by atoms with Crippen LogP contribution in [0, 0.1) is 0 Å². The number of carbonyl (C=O) groups excluding carboxylic acids is 1. The number of ether oxygens (including phenoxy) is 1. The highest BCUT2D eigenvalue weighted by Gasteiger charge is 2.18. The zero-order valence-electron chi connectivity index (χ0n) is 10.9. The van der Waals surface area contributed by atoms with E-state index in [0.717, 1.165) is 25.0 Å². The molecule has 0 aromatic carbocycles. The number of aliphatic carboxylic acids is 1. The van der Waals surface area contributed by atoms with Crippen molar-refractivity contribution in [3.05, 3.63) is 0 Å². The van der Waals surface area contributed by atoms with Gasteiger partial charge < -0.3 is 20.5 Å². The molecular formula is C11H22N2O4S. The third-order valence-electron chi connectivity index (χ3n) is 2.25. The van der Waals surface area contributed by atoms with Gasteiger partial charge in [0.1, 0.15) is 0 Å². The third-order valence-corrected chi connectivity index (χ3v) is 2.94. The molecule has 1 atom stereocenters. The van der Waals surface area contributed by atoms with Crippen molar-refractivity contribution in [3.8, 4) is 0 Å². The number of unbranched alkanes of at least 4 members (excludes halogenated alkanes) is 2. The molecule has 0 saturated carbocycles. The summed E-state index contributed by atoms with van der Waals surface area (Å²) in [7, 11) is 1.39. The van der Waals surface area contributed by atoms with Gasteiger partial charge in [0.15, 0.2) is 6.04 Å². The van der Waals surface area contributed by atoms with Crippen LogP contribution in [0.5, 0.6) is 0 Å². The van der Waals surface area contributed by atoms with Crippen LogP contribution in [0.3, 0.4) is 0 Å². The van der Waals surface area contributed by atoms with E-state index in [9.17, 15) is 9.59 Å². The number of carboxylic acids is 1. The molecule has 0 radical (unpaired) electrons. The zero-order valence-corrected chi connectivity index (χ0v) is 11.7. The lowest BCUT2D eigenvalue weighted by atomic mass is 10.2. The van der Waals surface area contributed by atoms with E-state index < -0.39 is 18.0 Å². The normalized spacial score (nSPS) is 11.9. The van der Waals surface area contributed by atoms with Gasteiger partial charge in [0, 0.05) is 13.7 Å². The van der Waals surface area contributed by atoms with E-state index in [1.54, 1.807) is 11.8 Å². The van der Waals surface area contributed by atoms with E-state index in [1.807, 2.05) is 0 Å². The average molecular weight is 278 g/mol. The molecule has 18 heavy (non-hydrogen) atoms. The van der Waals surface area contributed by atoms with Crippen molar-refractivity contribution >= 4 is 23.8 Å². The monoisotopic (exact) mass is 278 g/mol. The second kappa shape index (κ2) is 11.2. The molecule has 3 N–H and O–H groups in total. The molecule has 0 aliphatic rings. The predicted octanol–water partition coefficient (Wildman–Crippen LogP) is 0.918. The molecule has 6 nitrogen and oxygen atoms in total. The topological polar surface area (TPSA) is 87.7 Å². The first-order chi connectivity index (χ1) is 8.61. The van der Waals surface area contributed by atoms with Crippen molar-refractivity contribution in [1.29, 1.82) is 0 Å². The molecule has 0 saturated heterocycles.